The number of aromatic nitrogens is 3. The van der Waals surface area contributed by atoms with Gasteiger partial charge in [-0.2, -0.15) is 0 Å². The molecule has 194 valence electrons. The molecule has 1 amide bonds. The highest BCUT2D eigenvalue weighted by molar-refractivity contribution is 7.99. The number of esters is 1. The highest BCUT2D eigenvalue weighted by Gasteiger charge is 2.20. The van der Waals surface area contributed by atoms with Gasteiger partial charge in [-0.05, 0) is 49.4 Å². The van der Waals surface area contributed by atoms with Crippen molar-refractivity contribution in [3.8, 4) is 5.75 Å². The van der Waals surface area contributed by atoms with Crippen molar-refractivity contribution in [1.29, 1.82) is 0 Å². The first-order chi connectivity index (χ1) is 17.2. The third-order valence-corrected chi connectivity index (χ3v) is 7.57. The van der Waals surface area contributed by atoms with Crippen LogP contribution in [-0.2, 0) is 34.5 Å². The molecule has 0 saturated heterocycles. The predicted molar refractivity (Wildman–Crippen MR) is 144 cm³/mol. The maximum atomic E-state index is 12.7. The minimum atomic E-state index is -0.431. The second-order valence-electron chi connectivity index (χ2n) is 9.07. The number of amides is 1. The number of carbonyl (C=O) groups excluding carboxylic acids is 2. The van der Waals surface area contributed by atoms with Crippen LogP contribution in [0.25, 0.3) is 0 Å². The van der Waals surface area contributed by atoms with Gasteiger partial charge in [0, 0.05) is 11.4 Å². The fourth-order valence-electron chi connectivity index (χ4n) is 3.41. The molecule has 0 atom stereocenters. The topological polar surface area (TPSA) is 95.3 Å². The third kappa shape index (κ3) is 7.10. The van der Waals surface area contributed by atoms with Crippen LogP contribution < -0.4 is 10.1 Å². The normalized spacial score (nSPS) is 11.4. The van der Waals surface area contributed by atoms with Crippen LogP contribution in [0.4, 0.5) is 5.00 Å². The summed E-state index contributed by atoms with van der Waals surface area (Å²) in [5, 5.41) is 12.5. The van der Waals surface area contributed by atoms with Crippen LogP contribution in [0.5, 0.6) is 5.75 Å². The lowest BCUT2D eigenvalue weighted by Crippen LogP contribution is -2.16. The van der Waals surface area contributed by atoms with Gasteiger partial charge >= 0.3 is 5.97 Å². The van der Waals surface area contributed by atoms with Gasteiger partial charge < -0.3 is 19.4 Å². The Bertz CT molecular complexity index is 1180. The smallest absolute Gasteiger partial charge is 0.341 e. The van der Waals surface area contributed by atoms with Gasteiger partial charge in [0.05, 0.1) is 17.9 Å². The van der Waals surface area contributed by atoms with Crippen LogP contribution in [0, 0.1) is 0 Å². The number of hydrogen-bond acceptors (Lipinski definition) is 8. The van der Waals surface area contributed by atoms with E-state index in [2.05, 4.69) is 48.4 Å². The molecule has 1 N–H and O–H groups in total. The summed E-state index contributed by atoms with van der Waals surface area (Å²) >= 11 is 2.68. The van der Waals surface area contributed by atoms with Crippen molar-refractivity contribution in [2.24, 2.45) is 0 Å². The van der Waals surface area contributed by atoms with Crippen LogP contribution in [0.1, 0.15) is 68.2 Å². The van der Waals surface area contributed by atoms with E-state index in [-0.39, 0.29) is 30.3 Å². The van der Waals surface area contributed by atoms with E-state index >= 15 is 0 Å². The van der Waals surface area contributed by atoms with E-state index in [0.717, 1.165) is 17.0 Å². The zero-order valence-electron chi connectivity index (χ0n) is 21.7. The Labute approximate surface area is 220 Å². The predicted octanol–water partition coefficient (Wildman–Crippen LogP) is 5.71. The average Bonchev–Trinajstić information content (AvgIpc) is 3.44. The molecule has 8 nitrogen and oxygen atoms in total. The van der Waals surface area contributed by atoms with Gasteiger partial charge in [-0.25, -0.2) is 4.79 Å². The molecule has 0 unspecified atom stereocenters. The molecule has 2 heterocycles. The van der Waals surface area contributed by atoms with Crippen molar-refractivity contribution in [3.05, 3.63) is 52.2 Å². The van der Waals surface area contributed by atoms with Crippen molar-refractivity contribution in [3.63, 3.8) is 0 Å². The molecule has 0 aliphatic heterocycles. The first-order valence-corrected chi connectivity index (χ1v) is 13.8. The lowest BCUT2D eigenvalue weighted by Gasteiger charge is -2.19. The van der Waals surface area contributed by atoms with Gasteiger partial charge in [0.15, 0.2) is 11.0 Å². The summed E-state index contributed by atoms with van der Waals surface area (Å²) in [6, 6.07) is 9.86. The van der Waals surface area contributed by atoms with Gasteiger partial charge in [-0.1, -0.05) is 51.6 Å². The summed E-state index contributed by atoms with van der Waals surface area (Å²) in [7, 11) is 0. The molecule has 2 aromatic heterocycles. The average molecular weight is 531 g/mol. The molecule has 3 aromatic rings. The van der Waals surface area contributed by atoms with E-state index in [0.29, 0.717) is 28.1 Å². The monoisotopic (exact) mass is 530 g/mol. The number of ether oxygens (including phenoxy) is 2. The Morgan fingerprint density at radius 1 is 1.11 bits per heavy atom. The number of nitrogens with zero attached hydrogens (tertiary/aromatic N) is 3. The molecular formula is C26H34N4O4S2. The highest BCUT2D eigenvalue weighted by atomic mass is 32.2. The van der Waals surface area contributed by atoms with Crippen LogP contribution in [0.3, 0.4) is 0 Å². The summed E-state index contributed by atoms with van der Waals surface area (Å²) in [5.41, 5.74) is 1.72. The largest absolute Gasteiger partial charge is 0.486 e. The highest BCUT2D eigenvalue weighted by Crippen LogP contribution is 2.30. The molecule has 0 aliphatic rings. The number of benzene rings is 1. The van der Waals surface area contributed by atoms with Crippen molar-refractivity contribution < 1.29 is 19.1 Å². The second kappa shape index (κ2) is 12.4. The number of thioether (sulfide) groups is 1. The minimum absolute atomic E-state index is 0.0848. The fraction of sp³-hybridized carbons (Fsp3) is 0.462. The zero-order valence-corrected chi connectivity index (χ0v) is 23.3. The first-order valence-electron chi connectivity index (χ1n) is 12.0. The fourth-order valence-corrected chi connectivity index (χ4v) is 5.23. The molecule has 0 radical (unpaired) electrons. The van der Waals surface area contributed by atoms with Crippen LogP contribution >= 0.6 is 23.1 Å². The van der Waals surface area contributed by atoms with Gasteiger partial charge in [0.2, 0.25) is 5.91 Å². The number of nitrogens with one attached hydrogen (secondary N) is 1. The molecular weight excluding hydrogens is 496 g/mol. The summed E-state index contributed by atoms with van der Waals surface area (Å²) in [6.45, 7) is 13.5. The Balaban J connectivity index is 1.60. The van der Waals surface area contributed by atoms with E-state index in [1.165, 1.54) is 28.7 Å². The van der Waals surface area contributed by atoms with Crippen molar-refractivity contribution in [2.45, 2.75) is 71.7 Å². The van der Waals surface area contributed by atoms with Crippen molar-refractivity contribution >= 4 is 40.0 Å². The summed E-state index contributed by atoms with van der Waals surface area (Å²) in [5.74, 6) is 0.935. The molecule has 36 heavy (non-hydrogen) atoms. The number of carbonyl (C=O) groups is 2. The van der Waals surface area contributed by atoms with E-state index in [1.54, 1.807) is 13.0 Å². The molecule has 0 bridgehead atoms. The Morgan fingerprint density at radius 3 is 2.44 bits per heavy atom. The standard InChI is InChI=1S/C26H34N4O4S2/c1-7-19-14-20(24(32)33-9-3)23(36-19)27-22(31)16-35-25-29-28-21(30(25)8-2)15-34-18-12-10-17(11-13-18)26(4,5)6/h10-14H,7-9,15-16H2,1-6H3,(H,27,31). The number of thiophene rings is 1. The minimum Gasteiger partial charge on any atom is -0.486 e. The number of anilines is 1. The van der Waals surface area contributed by atoms with E-state index in [1.807, 2.05) is 30.5 Å². The lowest BCUT2D eigenvalue weighted by atomic mass is 9.87. The van der Waals surface area contributed by atoms with Crippen molar-refractivity contribution in [2.75, 3.05) is 17.7 Å². The molecule has 0 aliphatic carbocycles. The number of aryl methyl sites for hydroxylation is 1. The first kappa shape index (κ1) is 27.7. The van der Waals surface area contributed by atoms with E-state index < -0.39 is 5.97 Å². The molecule has 1 aromatic carbocycles. The third-order valence-electron chi connectivity index (χ3n) is 5.41. The van der Waals surface area contributed by atoms with Crippen LogP contribution in [0.2, 0.25) is 0 Å². The lowest BCUT2D eigenvalue weighted by molar-refractivity contribution is -0.113. The summed E-state index contributed by atoms with van der Waals surface area (Å²) in [6.07, 6.45) is 0.771. The zero-order chi connectivity index (χ0) is 26.3. The van der Waals surface area contributed by atoms with Gasteiger partial charge in [0.1, 0.15) is 17.4 Å². The van der Waals surface area contributed by atoms with Gasteiger partial charge in [-0.15, -0.1) is 21.5 Å². The SMILES string of the molecule is CCOC(=O)c1cc(CC)sc1NC(=O)CSc1nnc(COc2ccc(C(C)(C)C)cc2)n1CC. The molecule has 0 spiro atoms. The maximum Gasteiger partial charge on any atom is 0.341 e. The molecule has 0 fully saturated rings. The molecule has 10 heteroatoms. The second-order valence-corrected chi connectivity index (χ2v) is 11.2. The van der Waals surface area contributed by atoms with Gasteiger partial charge in [-0.3, -0.25) is 4.79 Å². The van der Waals surface area contributed by atoms with Crippen molar-refractivity contribution in [1.82, 2.24) is 14.8 Å². The van der Waals surface area contributed by atoms with Gasteiger partial charge in [0.25, 0.3) is 0 Å². The summed E-state index contributed by atoms with van der Waals surface area (Å²) in [4.78, 5) is 25.9. The van der Waals surface area contributed by atoms with Crippen LogP contribution in [-0.4, -0.2) is 39.0 Å². The molecule has 3 rings (SSSR count). The van der Waals surface area contributed by atoms with E-state index in [9.17, 15) is 9.59 Å². The maximum absolute atomic E-state index is 12.7. The Hall–Kier alpha value is -2.85. The summed E-state index contributed by atoms with van der Waals surface area (Å²) < 4.78 is 13.0. The Morgan fingerprint density at radius 2 is 1.83 bits per heavy atom. The number of rotatable bonds is 11. The molecule has 0 saturated carbocycles. The quantitative estimate of drug-likeness (QED) is 0.251. The van der Waals surface area contributed by atoms with Crippen LogP contribution in [0.15, 0.2) is 35.5 Å². The Kier molecular flexibility index (Phi) is 9.56. The van der Waals surface area contributed by atoms with E-state index in [4.69, 9.17) is 9.47 Å². The number of hydrogen-bond donors (Lipinski definition) is 1.